The average molecular weight is 517 g/mol. The fourth-order valence-corrected chi connectivity index (χ4v) is 11.5. The molecule has 0 bridgehead atoms. The minimum Gasteiger partial charge on any atom is -0.396 e. The van der Waals surface area contributed by atoms with Gasteiger partial charge in [0.1, 0.15) is 14.3 Å². The van der Waals surface area contributed by atoms with Crippen LogP contribution in [0.25, 0.3) is 0 Å². The topological polar surface area (TPSA) is 54.4 Å². The van der Waals surface area contributed by atoms with Gasteiger partial charge >= 0.3 is 0 Å². The molecule has 1 atom stereocenters. The van der Waals surface area contributed by atoms with Crippen molar-refractivity contribution in [1.29, 1.82) is 0 Å². The van der Waals surface area contributed by atoms with E-state index in [9.17, 15) is 9.67 Å². The Balaban J connectivity index is 1.90. The highest BCUT2D eigenvalue weighted by Crippen LogP contribution is 2.55. The van der Waals surface area contributed by atoms with E-state index in [1.807, 2.05) is 125 Å². The van der Waals surface area contributed by atoms with Crippen molar-refractivity contribution in [3.8, 4) is 0 Å². The summed E-state index contributed by atoms with van der Waals surface area (Å²) in [7, 11) is -6.58. The Hall–Kier alpha value is -2.70. The lowest BCUT2D eigenvalue weighted by Gasteiger charge is -2.31. The van der Waals surface area contributed by atoms with Crippen molar-refractivity contribution in [2.45, 2.75) is 33.4 Å². The predicted molar refractivity (Wildman–Crippen MR) is 154 cm³/mol. The molecule has 4 rings (SSSR count). The van der Waals surface area contributed by atoms with Gasteiger partial charge in [0.25, 0.3) is 0 Å². The first-order chi connectivity index (χ1) is 17.2. The second kappa shape index (κ2) is 10.7. The van der Waals surface area contributed by atoms with E-state index in [0.29, 0.717) is 10.6 Å². The van der Waals surface area contributed by atoms with Crippen LogP contribution in [0, 0.1) is 27.7 Å². The van der Waals surface area contributed by atoms with Gasteiger partial charge in [-0.15, -0.1) is 0 Å². The predicted octanol–water partition coefficient (Wildman–Crippen LogP) is 5.61. The Kier molecular flexibility index (Phi) is 7.86. The summed E-state index contributed by atoms with van der Waals surface area (Å²) in [6.07, 6.45) is 0.106. The van der Waals surface area contributed by atoms with Gasteiger partial charge in [-0.3, -0.25) is 0 Å². The summed E-state index contributed by atoms with van der Waals surface area (Å²) < 4.78 is 30.1. The van der Waals surface area contributed by atoms with Crippen LogP contribution in [0.1, 0.15) is 22.3 Å². The van der Waals surface area contributed by atoms with Crippen LogP contribution in [0.2, 0.25) is 0 Å². The molecule has 0 spiro atoms. The zero-order valence-electron chi connectivity index (χ0n) is 21.4. The molecule has 0 radical (unpaired) electrons. The van der Waals surface area contributed by atoms with Crippen LogP contribution < -0.4 is 21.2 Å². The van der Waals surface area contributed by atoms with Gasteiger partial charge in [0.15, 0.2) is 0 Å². The molecule has 1 unspecified atom stereocenters. The lowest BCUT2D eigenvalue weighted by atomic mass is 10.2. The second-order valence-corrected chi connectivity index (χ2v) is 15.7. The first kappa shape index (κ1) is 26.4. The molecule has 0 fully saturated rings. The molecule has 0 saturated heterocycles. The van der Waals surface area contributed by atoms with Gasteiger partial charge in [-0.1, -0.05) is 119 Å². The largest absolute Gasteiger partial charge is 0.396 e. The van der Waals surface area contributed by atoms with Crippen LogP contribution in [0.3, 0.4) is 0 Å². The van der Waals surface area contributed by atoms with Gasteiger partial charge < -0.3 is 14.2 Å². The maximum atomic E-state index is 15.1. The normalized spacial score (nSPS) is 12.9. The van der Waals surface area contributed by atoms with Crippen LogP contribution in [0.5, 0.6) is 0 Å². The molecule has 0 aliphatic carbocycles. The highest BCUT2D eigenvalue weighted by molar-refractivity contribution is 7.82. The third-order valence-electron chi connectivity index (χ3n) is 6.93. The van der Waals surface area contributed by atoms with E-state index < -0.39 is 19.9 Å². The molecule has 0 amide bonds. The molecule has 3 nitrogen and oxygen atoms in total. The fraction of sp³-hybridized carbons (Fsp3) is 0.226. The van der Waals surface area contributed by atoms with Crippen molar-refractivity contribution < 1.29 is 14.2 Å². The summed E-state index contributed by atoms with van der Waals surface area (Å²) >= 11 is 0. The Morgan fingerprint density at radius 2 is 0.806 bits per heavy atom. The first-order valence-electron chi connectivity index (χ1n) is 12.3. The number of aliphatic hydroxyl groups excluding tert-OH is 1. The molecule has 0 saturated carbocycles. The van der Waals surface area contributed by atoms with Crippen LogP contribution in [-0.4, -0.2) is 23.5 Å². The van der Waals surface area contributed by atoms with Gasteiger partial charge in [-0.05, 0) is 27.7 Å². The Labute approximate surface area is 215 Å². The van der Waals surface area contributed by atoms with Gasteiger partial charge in [0, 0.05) is 27.4 Å². The highest BCUT2D eigenvalue weighted by Gasteiger charge is 2.42. The van der Waals surface area contributed by atoms with Crippen molar-refractivity contribution in [3.05, 3.63) is 119 Å². The summed E-state index contributed by atoms with van der Waals surface area (Å²) in [5.74, 6) is 0. The van der Waals surface area contributed by atoms with Crippen molar-refractivity contribution in [1.82, 2.24) is 0 Å². The second-order valence-electron chi connectivity index (χ2n) is 9.76. The van der Waals surface area contributed by atoms with Gasteiger partial charge in [0.05, 0.1) is 12.3 Å². The van der Waals surface area contributed by atoms with Crippen LogP contribution in [-0.2, 0) is 9.13 Å². The highest BCUT2D eigenvalue weighted by atomic mass is 31.2. The average Bonchev–Trinajstić information content (AvgIpc) is 2.88. The molecule has 36 heavy (non-hydrogen) atoms. The molecule has 0 aliphatic rings. The molecular weight excluding hydrogens is 482 g/mol. The number of hydrogen-bond acceptors (Lipinski definition) is 3. The number of aryl methyl sites for hydroxylation is 4. The SMILES string of the molecule is Cc1ccc(P(=O)(CC(CO)P(=O)(c2ccc(C)cc2)c2ccc(C)cc2)c2ccc(C)cc2)cc1. The maximum Gasteiger partial charge on any atom is 0.148 e. The van der Waals surface area contributed by atoms with Crippen LogP contribution in [0.15, 0.2) is 97.1 Å². The Morgan fingerprint density at radius 3 is 1.08 bits per heavy atom. The van der Waals surface area contributed by atoms with E-state index in [4.69, 9.17) is 0 Å². The number of hydrogen-bond donors (Lipinski definition) is 1. The minimum absolute atomic E-state index is 0.106. The standard InChI is InChI=1S/C31H34O3P2/c1-23-5-13-27(14-6-23)35(33,28-15-7-24(2)8-16-28)22-31(21-32)36(34,29-17-9-25(3)10-18-29)30-19-11-26(4)12-20-30/h5-20,31-32H,21-22H2,1-4H3. The van der Waals surface area contributed by atoms with Crippen molar-refractivity contribution in [2.24, 2.45) is 0 Å². The monoisotopic (exact) mass is 516 g/mol. The van der Waals surface area contributed by atoms with E-state index in [0.717, 1.165) is 32.9 Å². The summed E-state index contributed by atoms with van der Waals surface area (Å²) in [5.41, 5.74) is 3.59. The summed E-state index contributed by atoms with van der Waals surface area (Å²) in [6, 6.07) is 30.8. The van der Waals surface area contributed by atoms with E-state index in [1.54, 1.807) is 0 Å². The Bertz CT molecular complexity index is 1310. The van der Waals surface area contributed by atoms with Crippen molar-refractivity contribution in [2.75, 3.05) is 12.8 Å². The smallest absolute Gasteiger partial charge is 0.148 e. The Morgan fingerprint density at radius 1 is 0.528 bits per heavy atom. The summed E-state index contributed by atoms with van der Waals surface area (Å²) in [4.78, 5) is 0. The van der Waals surface area contributed by atoms with Crippen LogP contribution >= 0.6 is 14.3 Å². The maximum absolute atomic E-state index is 15.1. The van der Waals surface area contributed by atoms with Crippen LogP contribution in [0.4, 0.5) is 0 Å². The van der Waals surface area contributed by atoms with Crippen molar-refractivity contribution >= 4 is 35.5 Å². The van der Waals surface area contributed by atoms with E-state index in [2.05, 4.69) is 0 Å². The molecule has 186 valence electrons. The third-order valence-corrected chi connectivity index (χ3v) is 13.9. The van der Waals surface area contributed by atoms with Gasteiger partial charge in [-0.2, -0.15) is 0 Å². The molecule has 4 aromatic rings. The zero-order valence-corrected chi connectivity index (χ0v) is 23.2. The molecule has 0 heterocycles. The molecule has 1 N–H and O–H groups in total. The molecule has 5 heteroatoms. The summed E-state index contributed by atoms with van der Waals surface area (Å²) in [5, 5.41) is 13.5. The zero-order chi connectivity index (χ0) is 25.9. The number of aliphatic hydroxyl groups is 1. The molecule has 0 aromatic heterocycles. The molecular formula is C31H34O3P2. The first-order valence-corrected chi connectivity index (χ1v) is 15.9. The third kappa shape index (κ3) is 5.21. The lowest BCUT2D eigenvalue weighted by molar-refractivity contribution is 0.296. The molecule has 4 aromatic carbocycles. The summed E-state index contributed by atoms with van der Waals surface area (Å²) in [6.45, 7) is 7.65. The number of rotatable bonds is 8. The number of benzene rings is 4. The quantitative estimate of drug-likeness (QED) is 0.310. The fourth-order valence-electron chi connectivity index (χ4n) is 4.62. The van der Waals surface area contributed by atoms with E-state index in [-0.39, 0.29) is 12.8 Å². The van der Waals surface area contributed by atoms with E-state index in [1.165, 1.54) is 0 Å². The lowest BCUT2D eigenvalue weighted by Crippen LogP contribution is -2.34. The molecule has 0 aliphatic heterocycles. The van der Waals surface area contributed by atoms with Crippen molar-refractivity contribution in [3.63, 3.8) is 0 Å². The van der Waals surface area contributed by atoms with E-state index >= 15 is 4.57 Å². The van der Waals surface area contributed by atoms with Gasteiger partial charge in [-0.25, -0.2) is 0 Å². The minimum atomic E-state index is -3.35. The van der Waals surface area contributed by atoms with Gasteiger partial charge in [0.2, 0.25) is 0 Å².